The maximum absolute atomic E-state index is 10.2. The highest BCUT2D eigenvalue weighted by atomic mass is 16.1. The molecule has 0 heterocycles. The lowest BCUT2D eigenvalue weighted by Gasteiger charge is -2.31. The van der Waals surface area contributed by atoms with E-state index in [4.69, 9.17) is 0 Å². The molecule has 0 aromatic rings. The highest BCUT2D eigenvalue weighted by molar-refractivity contribution is 5.48. The lowest BCUT2D eigenvalue weighted by atomic mass is 9.74. The molecular formula is C14H26O. The molecule has 88 valence electrons. The van der Waals surface area contributed by atoms with E-state index < -0.39 is 0 Å². The number of hydrogen-bond donors (Lipinski definition) is 0. The quantitative estimate of drug-likeness (QED) is 0.474. The van der Waals surface area contributed by atoms with Crippen molar-refractivity contribution in [2.45, 2.75) is 65.2 Å². The normalized spacial score (nSPS) is 28.7. The molecule has 0 spiro atoms. The van der Waals surface area contributed by atoms with Crippen molar-refractivity contribution in [3.63, 3.8) is 0 Å². The van der Waals surface area contributed by atoms with Crippen molar-refractivity contribution in [3.05, 3.63) is 0 Å². The van der Waals surface area contributed by atoms with Crippen molar-refractivity contribution in [3.8, 4) is 0 Å². The molecule has 0 saturated heterocycles. The topological polar surface area (TPSA) is 17.1 Å². The number of carbonyl (C=O) groups is 1. The van der Waals surface area contributed by atoms with Crippen LogP contribution in [0.15, 0.2) is 0 Å². The van der Waals surface area contributed by atoms with Crippen LogP contribution in [0.4, 0.5) is 0 Å². The predicted molar refractivity (Wildman–Crippen MR) is 64.8 cm³/mol. The number of hydrogen-bond acceptors (Lipinski definition) is 1. The van der Waals surface area contributed by atoms with Gasteiger partial charge in [0.25, 0.3) is 0 Å². The molecule has 0 amide bonds. The standard InChI is InChI=1S/C14H26O/c1-3-12(2)14-9-7-13(8-10-14)6-4-5-11-15/h11-14H,3-10H2,1-2H3. The van der Waals surface area contributed by atoms with E-state index in [9.17, 15) is 4.79 Å². The van der Waals surface area contributed by atoms with Crippen LogP contribution in [0.1, 0.15) is 65.2 Å². The van der Waals surface area contributed by atoms with E-state index in [0.717, 1.165) is 36.9 Å². The summed E-state index contributed by atoms with van der Waals surface area (Å²) < 4.78 is 0. The zero-order valence-corrected chi connectivity index (χ0v) is 10.4. The van der Waals surface area contributed by atoms with Crippen LogP contribution in [0.3, 0.4) is 0 Å². The van der Waals surface area contributed by atoms with Gasteiger partial charge in [0.05, 0.1) is 0 Å². The lowest BCUT2D eigenvalue weighted by Crippen LogP contribution is -2.19. The molecule has 1 nitrogen and oxygen atoms in total. The fourth-order valence-electron chi connectivity index (χ4n) is 2.87. The van der Waals surface area contributed by atoms with Crippen LogP contribution in [0.2, 0.25) is 0 Å². The number of carbonyl (C=O) groups excluding carboxylic acids is 1. The Balaban J connectivity index is 2.15. The second-order valence-electron chi connectivity index (χ2n) is 5.26. The van der Waals surface area contributed by atoms with Gasteiger partial charge in [0.2, 0.25) is 0 Å². The molecule has 0 bridgehead atoms. The molecule has 1 aliphatic rings. The third-order valence-electron chi connectivity index (χ3n) is 4.27. The highest BCUT2D eigenvalue weighted by Crippen LogP contribution is 2.36. The molecule has 0 aliphatic heterocycles. The van der Waals surface area contributed by atoms with Crippen LogP contribution >= 0.6 is 0 Å². The number of aldehydes is 1. The van der Waals surface area contributed by atoms with Crippen LogP contribution in [0, 0.1) is 17.8 Å². The molecule has 0 N–H and O–H groups in total. The van der Waals surface area contributed by atoms with Gasteiger partial charge in [-0.25, -0.2) is 0 Å². The van der Waals surface area contributed by atoms with E-state index in [-0.39, 0.29) is 0 Å². The molecule has 0 radical (unpaired) electrons. The molecule has 15 heavy (non-hydrogen) atoms. The van der Waals surface area contributed by atoms with Crippen LogP contribution < -0.4 is 0 Å². The summed E-state index contributed by atoms with van der Waals surface area (Å²) in [5, 5.41) is 0. The van der Waals surface area contributed by atoms with E-state index in [1.54, 1.807) is 0 Å². The summed E-state index contributed by atoms with van der Waals surface area (Å²) in [4.78, 5) is 10.2. The average Bonchev–Trinajstić information content (AvgIpc) is 2.29. The average molecular weight is 210 g/mol. The summed E-state index contributed by atoms with van der Waals surface area (Å²) in [7, 11) is 0. The highest BCUT2D eigenvalue weighted by Gasteiger charge is 2.23. The Bertz CT molecular complexity index is 168. The minimum atomic E-state index is 0.769. The van der Waals surface area contributed by atoms with Gasteiger partial charge in [0, 0.05) is 6.42 Å². The zero-order valence-electron chi connectivity index (χ0n) is 10.4. The second kappa shape index (κ2) is 7.03. The summed E-state index contributed by atoms with van der Waals surface area (Å²) in [5.74, 6) is 2.82. The van der Waals surface area contributed by atoms with Gasteiger partial charge in [0.1, 0.15) is 6.29 Å². The van der Waals surface area contributed by atoms with Gasteiger partial charge in [-0.1, -0.05) is 39.5 Å². The first-order chi connectivity index (χ1) is 7.27. The Hall–Kier alpha value is -0.330. The van der Waals surface area contributed by atoms with Crippen LogP contribution in [-0.4, -0.2) is 6.29 Å². The van der Waals surface area contributed by atoms with E-state index in [1.807, 2.05) is 0 Å². The molecule has 0 aromatic heterocycles. The minimum absolute atomic E-state index is 0.769. The fraction of sp³-hybridized carbons (Fsp3) is 0.929. The Morgan fingerprint density at radius 3 is 2.47 bits per heavy atom. The van der Waals surface area contributed by atoms with Crippen LogP contribution in [0.5, 0.6) is 0 Å². The van der Waals surface area contributed by atoms with E-state index in [2.05, 4.69) is 13.8 Å². The summed E-state index contributed by atoms with van der Waals surface area (Å²) in [5.41, 5.74) is 0. The van der Waals surface area contributed by atoms with E-state index in [1.165, 1.54) is 38.5 Å². The molecule has 1 heteroatoms. The van der Waals surface area contributed by atoms with Gasteiger partial charge in [0.15, 0.2) is 0 Å². The molecule has 1 unspecified atom stereocenters. The van der Waals surface area contributed by atoms with E-state index in [0.29, 0.717) is 0 Å². The zero-order chi connectivity index (χ0) is 11.1. The Labute approximate surface area is 94.6 Å². The molecule has 1 saturated carbocycles. The molecular weight excluding hydrogens is 184 g/mol. The largest absolute Gasteiger partial charge is 0.303 e. The predicted octanol–water partition coefficient (Wildman–Crippen LogP) is 4.21. The summed E-state index contributed by atoms with van der Waals surface area (Å²) >= 11 is 0. The van der Waals surface area contributed by atoms with Crippen molar-refractivity contribution in [2.75, 3.05) is 0 Å². The van der Waals surface area contributed by atoms with Gasteiger partial charge in [-0.05, 0) is 37.0 Å². The first-order valence-electron chi connectivity index (χ1n) is 6.71. The maximum Gasteiger partial charge on any atom is 0.119 e. The first-order valence-corrected chi connectivity index (χ1v) is 6.71. The summed E-state index contributed by atoms with van der Waals surface area (Å²) in [6.45, 7) is 4.71. The summed E-state index contributed by atoms with van der Waals surface area (Å²) in [6.07, 6.45) is 11.2. The third-order valence-corrected chi connectivity index (χ3v) is 4.27. The molecule has 1 aliphatic carbocycles. The maximum atomic E-state index is 10.2. The van der Waals surface area contributed by atoms with Crippen molar-refractivity contribution in [1.82, 2.24) is 0 Å². The third kappa shape index (κ3) is 4.36. The van der Waals surface area contributed by atoms with Crippen molar-refractivity contribution in [1.29, 1.82) is 0 Å². The Kier molecular flexibility index (Phi) is 5.97. The summed E-state index contributed by atoms with van der Waals surface area (Å²) in [6, 6.07) is 0. The smallest absolute Gasteiger partial charge is 0.119 e. The van der Waals surface area contributed by atoms with Gasteiger partial charge >= 0.3 is 0 Å². The van der Waals surface area contributed by atoms with Crippen molar-refractivity contribution >= 4 is 6.29 Å². The number of unbranched alkanes of at least 4 members (excludes halogenated alkanes) is 1. The second-order valence-corrected chi connectivity index (χ2v) is 5.26. The van der Waals surface area contributed by atoms with E-state index >= 15 is 0 Å². The SMILES string of the molecule is CCC(C)C1CCC(CCCC=O)CC1. The van der Waals surface area contributed by atoms with Gasteiger partial charge < -0.3 is 4.79 Å². The monoisotopic (exact) mass is 210 g/mol. The van der Waals surface area contributed by atoms with Crippen molar-refractivity contribution in [2.24, 2.45) is 17.8 Å². The molecule has 1 atom stereocenters. The first kappa shape index (κ1) is 12.7. The Morgan fingerprint density at radius 1 is 1.27 bits per heavy atom. The molecule has 0 aromatic carbocycles. The van der Waals surface area contributed by atoms with Crippen LogP contribution in [-0.2, 0) is 4.79 Å². The molecule has 1 rings (SSSR count). The molecule has 1 fully saturated rings. The van der Waals surface area contributed by atoms with Gasteiger partial charge in [-0.3, -0.25) is 0 Å². The minimum Gasteiger partial charge on any atom is -0.303 e. The van der Waals surface area contributed by atoms with Crippen LogP contribution in [0.25, 0.3) is 0 Å². The Morgan fingerprint density at radius 2 is 1.93 bits per heavy atom. The van der Waals surface area contributed by atoms with Crippen molar-refractivity contribution < 1.29 is 4.79 Å². The number of rotatable bonds is 6. The van der Waals surface area contributed by atoms with Gasteiger partial charge in [-0.2, -0.15) is 0 Å². The van der Waals surface area contributed by atoms with Gasteiger partial charge in [-0.15, -0.1) is 0 Å². The lowest BCUT2D eigenvalue weighted by molar-refractivity contribution is -0.108. The fourth-order valence-corrected chi connectivity index (χ4v) is 2.87.